The Labute approximate surface area is 191 Å². The van der Waals surface area contributed by atoms with Gasteiger partial charge in [0.05, 0.1) is 12.0 Å². The van der Waals surface area contributed by atoms with Crippen molar-refractivity contribution in [2.24, 2.45) is 0 Å². The van der Waals surface area contributed by atoms with Gasteiger partial charge in [-0.3, -0.25) is 4.79 Å². The van der Waals surface area contributed by atoms with Crippen molar-refractivity contribution in [1.82, 2.24) is 9.97 Å². The molecule has 164 valence electrons. The lowest BCUT2D eigenvalue weighted by atomic mass is 10.0. The molecule has 0 spiro atoms. The summed E-state index contributed by atoms with van der Waals surface area (Å²) in [5.74, 6) is 1.59. The summed E-state index contributed by atoms with van der Waals surface area (Å²) in [6.45, 7) is 5.32. The van der Waals surface area contributed by atoms with E-state index in [1.54, 1.807) is 17.7 Å². The molecule has 2 heterocycles. The van der Waals surface area contributed by atoms with Crippen LogP contribution in [0.25, 0.3) is 21.3 Å². The number of thiophene rings is 1. The van der Waals surface area contributed by atoms with Gasteiger partial charge in [0.25, 0.3) is 0 Å². The molecule has 0 fully saturated rings. The minimum Gasteiger partial charge on any atom is -0.494 e. The summed E-state index contributed by atoms with van der Waals surface area (Å²) in [6, 6.07) is 17.7. The molecule has 7 heteroatoms. The monoisotopic (exact) mass is 446 g/mol. The number of amides is 1. The topological polar surface area (TPSA) is 76.1 Å². The Balaban J connectivity index is 1.37. The summed E-state index contributed by atoms with van der Waals surface area (Å²) in [7, 11) is 0. The highest BCUT2D eigenvalue weighted by Crippen LogP contribution is 2.40. The number of rotatable bonds is 9. The van der Waals surface area contributed by atoms with Gasteiger partial charge in [-0.25, -0.2) is 9.97 Å². The number of benzene rings is 2. The Hall–Kier alpha value is -3.45. The number of nitrogens with zero attached hydrogens (tertiary/aromatic N) is 2. The van der Waals surface area contributed by atoms with Crippen molar-refractivity contribution in [3.63, 3.8) is 0 Å². The molecule has 0 atom stereocenters. The van der Waals surface area contributed by atoms with Crippen molar-refractivity contribution in [1.29, 1.82) is 0 Å². The normalized spacial score (nSPS) is 10.8. The summed E-state index contributed by atoms with van der Waals surface area (Å²) in [6.07, 6.45) is 2.70. The Morgan fingerprint density at radius 3 is 2.59 bits per heavy atom. The highest BCUT2D eigenvalue weighted by Gasteiger charge is 2.16. The second-order valence-electron chi connectivity index (χ2n) is 7.34. The van der Waals surface area contributed by atoms with Gasteiger partial charge in [0.15, 0.2) is 0 Å². The minimum atomic E-state index is -0.0138. The smallest absolute Gasteiger partial charge is 0.224 e. The molecule has 6 nitrogen and oxygen atoms in total. The molecule has 2 N–H and O–H groups in total. The Morgan fingerprint density at radius 1 is 1.06 bits per heavy atom. The molecule has 32 heavy (non-hydrogen) atoms. The molecular weight excluding hydrogens is 420 g/mol. The van der Waals surface area contributed by atoms with Crippen LogP contribution in [-0.4, -0.2) is 29.0 Å². The van der Waals surface area contributed by atoms with E-state index in [2.05, 4.69) is 39.7 Å². The largest absolute Gasteiger partial charge is 0.494 e. The molecule has 0 aliphatic heterocycles. The molecule has 0 aliphatic carbocycles. The van der Waals surface area contributed by atoms with Gasteiger partial charge < -0.3 is 15.4 Å². The molecular formula is C25H26N4O2S. The molecule has 0 saturated carbocycles. The van der Waals surface area contributed by atoms with E-state index >= 15 is 0 Å². The van der Waals surface area contributed by atoms with Crippen LogP contribution in [0.15, 0.2) is 60.9 Å². The third kappa shape index (κ3) is 5.06. The predicted molar refractivity (Wildman–Crippen MR) is 132 cm³/mol. The number of anilines is 2. The molecule has 0 bridgehead atoms. The van der Waals surface area contributed by atoms with Crippen LogP contribution in [0, 0.1) is 6.92 Å². The molecule has 0 unspecified atom stereocenters. The first kappa shape index (κ1) is 21.8. The molecule has 4 rings (SSSR count). The Morgan fingerprint density at radius 2 is 1.84 bits per heavy atom. The van der Waals surface area contributed by atoms with Crippen LogP contribution in [-0.2, 0) is 4.79 Å². The maximum Gasteiger partial charge on any atom is 0.224 e. The molecule has 0 saturated heterocycles. The zero-order valence-electron chi connectivity index (χ0n) is 18.2. The fourth-order valence-corrected chi connectivity index (χ4v) is 4.62. The number of carbonyl (C=O) groups excluding carboxylic acids is 1. The summed E-state index contributed by atoms with van der Waals surface area (Å²) in [4.78, 5) is 23.4. The summed E-state index contributed by atoms with van der Waals surface area (Å²) >= 11 is 1.67. The number of ether oxygens (including phenoxy) is 1. The van der Waals surface area contributed by atoms with E-state index in [-0.39, 0.29) is 5.91 Å². The van der Waals surface area contributed by atoms with Crippen molar-refractivity contribution >= 4 is 39.0 Å². The maximum atomic E-state index is 12.3. The number of aryl methyl sites for hydroxylation is 1. The number of hydrogen-bond donors (Lipinski definition) is 2. The van der Waals surface area contributed by atoms with E-state index in [9.17, 15) is 4.79 Å². The van der Waals surface area contributed by atoms with Gasteiger partial charge in [0, 0.05) is 29.1 Å². The number of aromatic nitrogens is 2. The number of hydrogen-bond acceptors (Lipinski definition) is 6. The van der Waals surface area contributed by atoms with E-state index in [0.717, 1.165) is 33.0 Å². The average molecular weight is 447 g/mol. The lowest BCUT2D eigenvalue weighted by Gasteiger charge is -2.10. The Kier molecular flexibility index (Phi) is 6.97. The maximum absolute atomic E-state index is 12.3. The summed E-state index contributed by atoms with van der Waals surface area (Å²) < 4.78 is 5.43. The van der Waals surface area contributed by atoms with Crippen LogP contribution in [0.1, 0.15) is 24.6 Å². The van der Waals surface area contributed by atoms with Gasteiger partial charge in [-0.05, 0) is 50.1 Å². The molecule has 0 radical (unpaired) electrons. The van der Waals surface area contributed by atoms with Gasteiger partial charge in [-0.1, -0.05) is 30.3 Å². The fourth-order valence-electron chi connectivity index (χ4n) is 3.61. The number of nitrogens with one attached hydrogen (secondary N) is 2. The standard InChI is InChI=1S/C25H26N4O2S/c1-3-31-20-13-11-19(12-14-20)29-21(30)10-7-15-26-24-23-22(18-8-5-4-6-9-18)17(2)32-25(23)28-16-27-24/h4-6,8-9,11-14,16H,3,7,10,15H2,1-2H3,(H,29,30)(H,26,27,28). The van der Waals surface area contributed by atoms with E-state index in [4.69, 9.17) is 4.74 Å². The molecule has 4 aromatic rings. The van der Waals surface area contributed by atoms with E-state index in [0.29, 0.717) is 26.0 Å². The van der Waals surface area contributed by atoms with Crippen molar-refractivity contribution in [2.45, 2.75) is 26.7 Å². The van der Waals surface area contributed by atoms with Crippen LogP contribution >= 0.6 is 11.3 Å². The summed E-state index contributed by atoms with van der Waals surface area (Å²) in [5.41, 5.74) is 3.09. The number of carbonyl (C=O) groups is 1. The van der Waals surface area contributed by atoms with Crippen molar-refractivity contribution in [3.8, 4) is 16.9 Å². The number of fused-ring (bicyclic) bond motifs is 1. The van der Waals surface area contributed by atoms with Crippen molar-refractivity contribution < 1.29 is 9.53 Å². The van der Waals surface area contributed by atoms with Crippen molar-refractivity contribution in [2.75, 3.05) is 23.8 Å². The summed E-state index contributed by atoms with van der Waals surface area (Å²) in [5, 5.41) is 7.38. The third-order valence-electron chi connectivity index (χ3n) is 5.05. The van der Waals surface area contributed by atoms with Gasteiger partial charge in [0.2, 0.25) is 5.91 Å². The fraction of sp³-hybridized carbons (Fsp3) is 0.240. The molecule has 2 aromatic carbocycles. The third-order valence-corrected chi connectivity index (χ3v) is 6.06. The SMILES string of the molecule is CCOc1ccc(NC(=O)CCCNc2ncnc3sc(C)c(-c4ccccc4)c23)cc1. The average Bonchev–Trinajstić information content (AvgIpc) is 3.15. The first-order valence-electron chi connectivity index (χ1n) is 10.7. The first-order chi connectivity index (χ1) is 15.7. The van der Waals surface area contributed by atoms with Gasteiger partial charge in [0.1, 0.15) is 22.7 Å². The zero-order chi connectivity index (χ0) is 22.3. The second kappa shape index (κ2) is 10.2. The highest BCUT2D eigenvalue weighted by molar-refractivity contribution is 7.19. The predicted octanol–water partition coefficient (Wildman–Crippen LogP) is 5.90. The lowest BCUT2D eigenvalue weighted by Crippen LogP contribution is -2.13. The first-order valence-corrected chi connectivity index (χ1v) is 11.5. The second-order valence-corrected chi connectivity index (χ2v) is 8.54. The molecule has 2 aromatic heterocycles. The van der Waals surface area contributed by atoms with Gasteiger partial charge >= 0.3 is 0 Å². The van der Waals surface area contributed by atoms with Crippen LogP contribution in [0.5, 0.6) is 5.75 Å². The zero-order valence-corrected chi connectivity index (χ0v) is 19.0. The van der Waals surface area contributed by atoms with E-state index in [1.165, 1.54) is 10.4 Å². The highest BCUT2D eigenvalue weighted by atomic mass is 32.1. The molecule has 1 amide bonds. The van der Waals surface area contributed by atoms with E-state index < -0.39 is 0 Å². The van der Waals surface area contributed by atoms with Gasteiger partial charge in [-0.15, -0.1) is 11.3 Å². The van der Waals surface area contributed by atoms with Crippen LogP contribution < -0.4 is 15.4 Å². The van der Waals surface area contributed by atoms with Crippen LogP contribution in [0.2, 0.25) is 0 Å². The van der Waals surface area contributed by atoms with Crippen molar-refractivity contribution in [3.05, 3.63) is 65.8 Å². The van der Waals surface area contributed by atoms with E-state index in [1.807, 2.05) is 49.4 Å². The van der Waals surface area contributed by atoms with Crippen LogP contribution in [0.3, 0.4) is 0 Å². The minimum absolute atomic E-state index is 0.0138. The quantitative estimate of drug-likeness (QED) is 0.313. The van der Waals surface area contributed by atoms with Gasteiger partial charge in [-0.2, -0.15) is 0 Å². The lowest BCUT2D eigenvalue weighted by molar-refractivity contribution is -0.116. The Bertz CT molecular complexity index is 1190. The molecule has 0 aliphatic rings. The van der Waals surface area contributed by atoms with Crippen LogP contribution in [0.4, 0.5) is 11.5 Å².